The minimum atomic E-state index is 0.328. The van der Waals surface area contributed by atoms with E-state index in [9.17, 15) is 0 Å². The molecule has 19 heavy (non-hydrogen) atoms. The van der Waals surface area contributed by atoms with Crippen molar-refractivity contribution in [3.8, 4) is 5.88 Å². The Morgan fingerprint density at radius 3 is 2.68 bits per heavy atom. The third-order valence-electron chi connectivity index (χ3n) is 2.16. The highest BCUT2D eigenvalue weighted by Gasteiger charge is 2.05. The second kappa shape index (κ2) is 9.48. The lowest BCUT2D eigenvalue weighted by atomic mass is 10.5. The average Bonchev–Trinajstić information content (AvgIpc) is 2.44. The number of hydrazine groups is 1. The Morgan fingerprint density at radius 2 is 2.00 bits per heavy atom. The van der Waals surface area contributed by atoms with Crippen molar-refractivity contribution in [1.29, 1.82) is 0 Å². The highest BCUT2D eigenvalue weighted by Crippen LogP contribution is 2.13. The minimum absolute atomic E-state index is 0.328. The summed E-state index contributed by atoms with van der Waals surface area (Å²) in [5, 5.41) is 0. The third-order valence-corrected chi connectivity index (χ3v) is 2.16. The van der Waals surface area contributed by atoms with E-state index in [2.05, 4.69) is 22.3 Å². The fourth-order valence-electron chi connectivity index (χ4n) is 1.33. The molecule has 7 heteroatoms. The molecule has 1 rings (SSSR count). The lowest BCUT2D eigenvalue weighted by Gasteiger charge is -2.09. The van der Waals surface area contributed by atoms with Crippen LogP contribution in [-0.4, -0.2) is 36.4 Å². The van der Waals surface area contributed by atoms with Crippen LogP contribution < -0.4 is 16.0 Å². The van der Waals surface area contributed by atoms with Crippen LogP contribution in [0.25, 0.3) is 0 Å². The number of nitrogens with zero attached hydrogens (tertiary/aromatic N) is 2. The van der Waals surface area contributed by atoms with Gasteiger partial charge in [0.2, 0.25) is 5.88 Å². The van der Waals surface area contributed by atoms with E-state index in [1.54, 1.807) is 6.07 Å². The van der Waals surface area contributed by atoms with Gasteiger partial charge in [0.05, 0.1) is 6.61 Å². The fraction of sp³-hybridized carbons (Fsp3) is 0.667. The molecular formula is C12H22N4O3. The summed E-state index contributed by atoms with van der Waals surface area (Å²) in [7, 11) is 0. The Hall–Kier alpha value is -1.44. The van der Waals surface area contributed by atoms with Gasteiger partial charge in [-0.25, -0.2) is 10.8 Å². The van der Waals surface area contributed by atoms with Crippen LogP contribution in [0.3, 0.4) is 0 Å². The molecule has 0 radical (unpaired) electrons. The Morgan fingerprint density at radius 1 is 1.16 bits per heavy atom. The van der Waals surface area contributed by atoms with Crippen molar-refractivity contribution in [2.24, 2.45) is 5.84 Å². The monoisotopic (exact) mass is 270 g/mol. The summed E-state index contributed by atoms with van der Waals surface area (Å²) in [5.41, 5.74) is 2.48. The van der Waals surface area contributed by atoms with E-state index >= 15 is 0 Å². The van der Waals surface area contributed by atoms with Gasteiger partial charge < -0.3 is 19.6 Å². The number of hydrogen-bond acceptors (Lipinski definition) is 7. The van der Waals surface area contributed by atoms with Crippen LogP contribution in [0.2, 0.25) is 0 Å². The van der Waals surface area contributed by atoms with E-state index in [0.717, 1.165) is 13.0 Å². The standard InChI is InChI=1S/C12H22N4O3/c1-3-5-18-6-7-19-12-8-10(16-13)14-11(15-12)9-17-4-2/h8H,3-7,9,13H2,1-2H3,(H,14,15,16). The molecule has 0 aliphatic rings. The molecule has 0 spiro atoms. The third kappa shape index (κ3) is 6.32. The number of rotatable bonds is 10. The van der Waals surface area contributed by atoms with Gasteiger partial charge in [0, 0.05) is 19.3 Å². The van der Waals surface area contributed by atoms with Gasteiger partial charge in [-0.15, -0.1) is 0 Å². The summed E-state index contributed by atoms with van der Waals surface area (Å²) < 4.78 is 16.1. The van der Waals surface area contributed by atoms with Crippen LogP contribution in [-0.2, 0) is 16.1 Å². The van der Waals surface area contributed by atoms with Crippen molar-refractivity contribution < 1.29 is 14.2 Å². The maximum absolute atomic E-state index is 5.49. The van der Waals surface area contributed by atoms with E-state index in [-0.39, 0.29) is 0 Å². The normalized spacial score (nSPS) is 10.5. The van der Waals surface area contributed by atoms with E-state index < -0.39 is 0 Å². The molecule has 0 bridgehead atoms. The summed E-state index contributed by atoms with van der Waals surface area (Å²) in [4.78, 5) is 8.39. The van der Waals surface area contributed by atoms with Gasteiger partial charge in [-0.05, 0) is 13.3 Å². The van der Waals surface area contributed by atoms with Gasteiger partial charge in [-0.3, -0.25) is 0 Å². The zero-order valence-electron chi connectivity index (χ0n) is 11.5. The van der Waals surface area contributed by atoms with Crippen molar-refractivity contribution >= 4 is 5.82 Å². The van der Waals surface area contributed by atoms with E-state index in [1.807, 2.05) is 6.92 Å². The Bertz CT molecular complexity index is 363. The van der Waals surface area contributed by atoms with Crippen LogP contribution in [0.1, 0.15) is 26.1 Å². The maximum atomic E-state index is 5.49. The second-order valence-electron chi connectivity index (χ2n) is 3.75. The molecule has 1 heterocycles. The lowest BCUT2D eigenvalue weighted by Crippen LogP contribution is -2.13. The molecule has 0 saturated carbocycles. The molecule has 1 aromatic heterocycles. The molecule has 108 valence electrons. The second-order valence-corrected chi connectivity index (χ2v) is 3.75. The van der Waals surface area contributed by atoms with Crippen LogP contribution in [0.15, 0.2) is 6.07 Å². The van der Waals surface area contributed by atoms with Gasteiger partial charge in [0.25, 0.3) is 0 Å². The summed E-state index contributed by atoms with van der Waals surface area (Å²) in [6, 6.07) is 1.63. The van der Waals surface area contributed by atoms with Crippen LogP contribution in [0, 0.1) is 0 Å². The number of aromatic nitrogens is 2. The first-order chi connectivity index (χ1) is 9.30. The van der Waals surface area contributed by atoms with Crippen LogP contribution in [0.5, 0.6) is 5.88 Å². The summed E-state index contributed by atoms with van der Waals surface area (Å²) >= 11 is 0. The molecule has 0 amide bonds. The van der Waals surface area contributed by atoms with Crippen molar-refractivity contribution in [3.63, 3.8) is 0 Å². The van der Waals surface area contributed by atoms with Gasteiger partial charge in [-0.2, -0.15) is 4.98 Å². The van der Waals surface area contributed by atoms with Crippen LogP contribution in [0.4, 0.5) is 5.82 Å². The van der Waals surface area contributed by atoms with E-state index in [4.69, 9.17) is 20.1 Å². The lowest BCUT2D eigenvalue weighted by molar-refractivity contribution is 0.0979. The number of hydrogen-bond donors (Lipinski definition) is 2. The predicted octanol–water partition coefficient (Wildman–Crippen LogP) is 1.10. The molecule has 3 N–H and O–H groups in total. The van der Waals surface area contributed by atoms with Crippen LogP contribution >= 0.6 is 0 Å². The summed E-state index contributed by atoms with van der Waals surface area (Å²) in [5.74, 6) is 6.83. The Labute approximate surface area is 113 Å². The SMILES string of the molecule is CCCOCCOc1cc(NN)nc(COCC)n1. The topological polar surface area (TPSA) is 91.5 Å². The largest absolute Gasteiger partial charge is 0.475 e. The van der Waals surface area contributed by atoms with E-state index in [1.165, 1.54) is 0 Å². The van der Waals surface area contributed by atoms with Gasteiger partial charge in [0.15, 0.2) is 5.82 Å². The Kier molecular flexibility index (Phi) is 7.80. The molecule has 0 aromatic carbocycles. The van der Waals surface area contributed by atoms with E-state index in [0.29, 0.717) is 43.9 Å². The molecule has 1 aromatic rings. The smallest absolute Gasteiger partial charge is 0.218 e. The average molecular weight is 270 g/mol. The summed E-state index contributed by atoms with van der Waals surface area (Å²) in [6.45, 7) is 6.61. The quantitative estimate of drug-likeness (QED) is 0.374. The van der Waals surface area contributed by atoms with Crippen molar-refractivity contribution in [3.05, 3.63) is 11.9 Å². The minimum Gasteiger partial charge on any atom is -0.475 e. The number of ether oxygens (including phenoxy) is 3. The molecule has 0 saturated heterocycles. The number of nitrogens with two attached hydrogens (primary N) is 1. The number of nitrogen functional groups attached to an aromatic ring is 1. The van der Waals surface area contributed by atoms with Gasteiger partial charge in [-0.1, -0.05) is 6.92 Å². The van der Waals surface area contributed by atoms with Crippen molar-refractivity contribution in [2.45, 2.75) is 26.9 Å². The number of nitrogens with one attached hydrogen (secondary N) is 1. The highest BCUT2D eigenvalue weighted by atomic mass is 16.5. The zero-order chi connectivity index (χ0) is 13.9. The predicted molar refractivity (Wildman–Crippen MR) is 71.8 cm³/mol. The maximum Gasteiger partial charge on any atom is 0.218 e. The zero-order valence-corrected chi connectivity index (χ0v) is 11.5. The highest BCUT2D eigenvalue weighted by molar-refractivity contribution is 5.36. The first-order valence-electron chi connectivity index (χ1n) is 6.43. The first kappa shape index (κ1) is 15.6. The molecule has 0 aliphatic heterocycles. The molecular weight excluding hydrogens is 248 g/mol. The Balaban J connectivity index is 2.50. The van der Waals surface area contributed by atoms with Crippen molar-refractivity contribution in [1.82, 2.24) is 9.97 Å². The van der Waals surface area contributed by atoms with Crippen molar-refractivity contribution in [2.75, 3.05) is 31.9 Å². The number of anilines is 1. The van der Waals surface area contributed by atoms with Gasteiger partial charge >= 0.3 is 0 Å². The molecule has 0 aliphatic carbocycles. The first-order valence-corrected chi connectivity index (χ1v) is 6.43. The molecule has 7 nitrogen and oxygen atoms in total. The fourth-order valence-corrected chi connectivity index (χ4v) is 1.33. The molecule has 0 unspecified atom stereocenters. The summed E-state index contributed by atoms with van der Waals surface area (Å²) in [6.07, 6.45) is 0.993. The molecule has 0 atom stereocenters. The van der Waals surface area contributed by atoms with Gasteiger partial charge in [0.1, 0.15) is 19.0 Å². The molecule has 0 fully saturated rings.